The van der Waals surface area contributed by atoms with Crippen LogP contribution in [-0.4, -0.2) is 13.0 Å². The quantitative estimate of drug-likeness (QED) is 0.254. The van der Waals surface area contributed by atoms with Gasteiger partial charge < -0.3 is 14.5 Å². The number of nitrogens with one attached hydrogen (secondary N) is 1. The molecule has 0 aliphatic heterocycles. The van der Waals surface area contributed by atoms with Gasteiger partial charge >= 0.3 is 5.63 Å². The van der Waals surface area contributed by atoms with Crippen LogP contribution >= 0.6 is 23.2 Å². The third-order valence-electron chi connectivity index (χ3n) is 5.08. The highest BCUT2D eigenvalue weighted by atomic mass is 35.5. The molecule has 7 heteroatoms. The average Bonchev–Trinajstić information content (AvgIpc) is 2.77. The van der Waals surface area contributed by atoms with Crippen molar-refractivity contribution < 1.29 is 13.9 Å². The number of para-hydroxylation sites is 1. The van der Waals surface area contributed by atoms with Gasteiger partial charge in [0.25, 0.3) is 0 Å². The number of hydrogen-bond acceptors (Lipinski definition) is 4. The fraction of sp³-hybridized carbons (Fsp3) is 0.0769. The normalized spacial score (nSPS) is 11.2. The molecule has 3 aromatic carbocycles. The standard InChI is InChI=1S/C26H19Cl2NO4/c1-15-11-19(29-24(30)10-7-17-12-18(27)14-22(28)25(17)32-2)8-9-20(15)21-13-16-5-3-4-6-23(16)33-26(21)31/h3-14H,1-2H3,(H,29,30). The fourth-order valence-electron chi connectivity index (χ4n) is 3.56. The van der Waals surface area contributed by atoms with Crippen LogP contribution in [0.15, 0.2) is 76.0 Å². The lowest BCUT2D eigenvalue weighted by Crippen LogP contribution is -2.08. The smallest absolute Gasteiger partial charge is 0.344 e. The second-order valence-electron chi connectivity index (χ2n) is 7.35. The molecule has 0 atom stereocenters. The van der Waals surface area contributed by atoms with Crippen molar-refractivity contribution in [2.24, 2.45) is 0 Å². The number of amides is 1. The predicted molar refractivity (Wildman–Crippen MR) is 133 cm³/mol. The number of aryl methyl sites for hydroxylation is 1. The second kappa shape index (κ2) is 9.53. The van der Waals surface area contributed by atoms with Crippen molar-refractivity contribution in [3.05, 3.63) is 98.3 Å². The van der Waals surface area contributed by atoms with Gasteiger partial charge in [-0.15, -0.1) is 0 Å². The van der Waals surface area contributed by atoms with Crippen LogP contribution in [0, 0.1) is 6.92 Å². The van der Waals surface area contributed by atoms with E-state index in [9.17, 15) is 9.59 Å². The number of rotatable bonds is 5. The minimum atomic E-state index is -0.411. The number of halogens is 2. The molecule has 1 amide bonds. The summed E-state index contributed by atoms with van der Waals surface area (Å²) in [4.78, 5) is 24.9. The van der Waals surface area contributed by atoms with Crippen molar-refractivity contribution in [1.82, 2.24) is 0 Å². The first kappa shape index (κ1) is 22.6. The Morgan fingerprint density at radius 1 is 1.03 bits per heavy atom. The van der Waals surface area contributed by atoms with Crippen LogP contribution in [0.5, 0.6) is 5.75 Å². The first-order chi connectivity index (χ1) is 15.9. The molecule has 166 valence electrons. The molecular formula is C26H19Cl2NO4. The number of carbonyl (C=O) groups excluding carboxylic acids is 1. The Morgan fingerprint density at radius 2 is 1.82 bits per heavy atom. The number of methoxy groups -OCH3 is 1. The van der Waals surface area contributed by atoms with Crippen LogP contribution in [0.2, 0.25) is 10.0 Å². The summed E-state index contributed by atoms with van der Waals surface area (Å²) < 4.78 is 10.7. The number of fused-ring (bicyclic) bond motifs is 1. The van der Waals surface area contributed by atoms with Gasteiger partial charge in [0.15, 0.2) is 0 Å². The van der Waals surface area contributed by atoms with E-state index in [0.29, 0.717) is 38.2 Å². The number of carbonyl (C=O) groups is 1. The second-order valence-corrected chi connectivity index (χ2v) is 8.19. The number of anilines is 1. The van der Waals surface area contributed by atoms with Crippen molar-refractivity contribution in [3.63, 3.8) is 0 Å². The molecule has 0 aliphatic carbocycles. The molecule has 5 nitrogen and oxygen atoms in total. The zero-order chi connectivity index (χ0) is 23.5. The van der Waals surface area contributed by atoms with Crippen LogP contribution in [0.3, 0.4) is 0 Å². The van der Waals surface area contributed by atoms with Crippen molar-refractivity contribution in [1.29, 1.82) is 0 Å². The van der Waals surface area contributed by atoms with Gasteiger partial charge in [0.1, 0.15) is 11.3 Å². The van der Waals surface area contributed by atoms with Gasteiger partial charge in [-0.3, -0.25) is 4.79 Å². The highest BCUT2D eigenvalue weighted by Gasteiger charge is 2.12. The van der Waals surface area contributed by atoms with E-state index in [0.717, 1.165) is 16.5 Å². The van der Waals surface area contributed by atoms with Gasteiger partial charge in [0.2, 0.25) is 5.91 Å². The van der Waals surface area contributed by atoms with Crippen LogP contribution in [-0.2, 0) is 4.79 Å². The maximum atomic E-state index is 12.5. The molecule has 0 saturated heterocycles. The molecule has 0 aliphatic rings. The van der Waals surface area contributed by atoms with Crippen LogP contribution in [0.25, 0.3) is 28.2 Å². The van der Waals surface area contributed by atoms with E-state index in [2.05, 4.69) is 5.32 Å². The Hall–Kier alpha value is -3.54. The van der Waals surface area contributed by atoms with Crippen LogP contribution in [0.1, 0.15) is 11.1 Å². The van der Waals surface area contributed by atoms with E-state index < -0.39 is 5.63 Å². The zero-order valence-electron chi connectivity index (χ0n) is 17.8. The monoisotopic (exact) mass is 479 g/mol. The molecule has 0 spiro atoms. The molecule has 4 aromatic rings. The molecule has 0 fully saturated rings. The van der Waals surface area contributed by atoms with Crippen LogP contribution < -0.4 is 15.7 Å². The molecule has 0 saturated carbocycles. The fourth-order valence-corrected chi connectivity index (χ4v) is 4.15. The van der Waals surface area contributed by atoms with E-state index in [4.69, 9.17) is 32.4 Å². The molecule has 33 heavy (non-hydrogen) atoms. The van der Waals surface area contributed by atoms with E-state index >= 15 is 0 Å². The van der Waals surface area contributed by atoms with E-state index in [-0.39, 0.29) is 5.91 Å². The van der Waals surface area contributed by atoms with Crippen molar-refractivity contribution >= 4 is 51.8 Å². The summed E-state index contributed by atoms with van der Waals surface area (Å²) in [5, 5.41) is 4.44. The Labute approximate surface area is 200 Å². The van der Waals surface area contributed by atoms with Gasteiger partial charge in [0, 0.05) is 27.7 Å². The summed E-state index contributed by atoms with van der Waals surface area (Å²) in [5.41, 5.74) is 3.33. The van der Waals surface area contributed by atoms with Crippen molar-refractivity contribution in [2.75, 3.05) is 12.4 Å². The maximum Gasteiger partial charge on any atom is 0.344 e. The Bertz CT molecular complexity index is 1460. The van der Waals surface area contributed by atoms with Gasteiger partial charge in [0.05, 0.1) is 17.7 Å². The SMILES string of the molecule is COc1c(Cl)cc(Cl)cc1C=CC(=O)Nc1ccc(-c2cc3ccccc3oc2=O)c(C)c1. The van der Waals surface area contributed by atoms with Crippen LogP contribution in [0.4, 0.5) is 5.69 Å². The average molecular weight is 480 g/mol. The Kier molecular flexibility index (Phi) is 6.54. The molecular weight excluding hydrogens is 461 g/mol. The van der Waals surface area contributed by atoms with Crippen molar-refractivity contribution in [2.45, 2.75) is 6.92 Å². The van der Waals surface area contributed by atoms with Gasteiger partial charge in [-0.2, -0.15) is 0 Å². The van der Waals surface area contributed by atoms with Gasteiger partial charge in [-0.1, -0.05) is 47.5 Å². The minimum absolute atomic E-state index is 0.342. The zero-order valence-corrected chi connectivity index (χ0v) is 19.3. The summed E-state index contributed by atoms with van der Waals surface area (Å²) in [5.74, 6) is 0.0880. The molecule has 0 unspecified atom stereocenters. The first-order valence-electron chi connectivity index (χ1n) is 10.0. The molecule has 0 radical (unpaired) electrons. The Morgan fingerprint density at radius 3 is 2.58 bits per heavy atom. The minimum Gasteiger partial charge on any atom is -0.495 e. The lowest BCUT2D eigenvalue weighted by atomic mass is 10.0. The maximum absolute atomic E-state index is 12.5. The number of benzene rings is 3. The van der Waals surface area contributed by atoms with E-state index in [1.54, 1.807) is 42.5 Å². The molecule has 4 rings (SSSR count). The van der Waals surface area contributed by atoms with Crippen molar-refractivity contribution in [3.8, 4) is 16.9 Å². The molecule has 1 heterocycles. The van der Waals surface area contributed by atoms with E-state index in [1.165, 1.54) is 13.2 Å². The largest absolute Gasteiger partial charge is 0.495 e. The molecule has 1 aromatic heterocycles. The highest BCUT2D eigenvalue weighted by molar-refractivity contribution is 6.36. The predicted octanol–water partition coefficient (Wildman–Crippen LogP) is 6.74. The summed E-state index contributed by atoms with van der Waals surface area (Å²) in [6.45, 7) is 1.87. The topological polar surface area (TPSA) is 68.5 Å². The molecule has 1 N–H and O–H groups in total. The Balaban J connectivity index is 1.56. The third kappa shape index (κ3) is 4.95. The lowest BCUT2D eigenvalue weighted by molar-refractivity contribution is -0.111. The summed E-state index contributed by atoms with van der Waals surface area (Å²) in [6.07, 6.45) is 2.94. The summed E-state index contributed by atoms with van der Waals surface area (Å²) in [6, 6.07) is 17.7. The third-order valence-corrected chi connectivity index (χ3v) is 5.58. The summed E-state index contributed by atoms with van der Waals surface area (Å²) >= 11 is 12.2. The first-order valence-corrected chi connectivity index (χ1v) is 10.8. The molecule has 0 bridgehead atoms. The highest BCUT2D eigenvalue weighted by Crippen LogP contribution is 2.33. The number of ether oxygens (including phenoxy) is 1. The van der Waals surface area contributed by atoms with Gasteiger partial charge in [-0.05, 0) is 60.5 Å². The number of hydrogen-bond donors (Lipinski definition) is 1. The lowest BCUT2D eigenvalue weighted by Gasteiger charge is -2.10. The van der Waals surface area contributed by atoms with E-state index in [1.807, 2.05) is 31.2 Å². The summed E-state index contributed by atoms with van der Waals surface area (Å²) in [7, 11) is 1.49. The van der Waals surface area contributed by atoms with Gasteiger partial charge in [-0.25, -0.2) is 4.79 Å².